The van der Waals surface area contributed by atoms with E-state index in [0.717, 1.165) is 35.8 Å². The van der Waals surface area contributed by atoms with E-state index in [2.05, 4.69) is 20.0 Å². The zero-order valence-electron chi connectivity index (χ0n) is 10.4. The lowest BCUT2D eigenvalue weighted by Gasteiger charge is -2.32. The number of rotatable bonds is 2. The Balaban J connectivity index is 1.98. The van der Waals surface area contributed by atoms with Gasteiger partial charge < -0.3 is 4.90 Å². The van der Waals surface area contributed by atoms with Gasteiger partial charge in [-0.15, -0.1) is 11.6 Å². The van der Waals surface area contributed by atoms with Crippen molar-refractivity contribution in [1.29, 1.82) is 0 Å². The van der Waals surface area contributed by atoms with Crippen LogP contribution in [0, 0.1) is 5.92 Å². The summed E-state index contributed by atoms with van der Waals surface area (Å²) in [5, 5.41) is 5.28. The van der Waals surface area contributed by atoms with Crippen LogP contribution in [0.5, 0.6) is 0 Å². The van der Waals surface area contributed by atoms with Crippen LogP contribution in [0.1, 0.15) is 12.8 Å². The number of fused-ring (bicyclic) bond motifs is 1. The van der Waals surface area contributed by atoms with Crippen molar-refractivity contribution in [3.05, 3.63) is 12.5 Å². The number of halogens is 1. The molecule has 0 bridgehead atoms. The van der Waals surface area contributed by atoms with Crippen molar-refractivity contribution < 1.29 is 0 Å². The first-order chi connectivity index (χ1) is 8.79. The van der Waals surface area contributed by atoms with Gasteiger partial charge in [-0.05, 0) is 18.8 Å². The average Bonchev–Trinajstić information content (AvgIpc) is 2.81. The highest BCUT2D eigenvalue weighted by molar-refractivity contribution is 6.18. The van der Waals surface area contributed by atoms with E-state index in [0.29, 0.717) is 5.92 Å². The van der Waals surface area contributed by atoms with Crippen LogP contribution in [-0.2, 0) is 7.05 Å². The van der Waals surface area contributed by atoms with Gasteiger partial charge in [0.2, 0.25) is 0 Å². The summed E-state index contributed by atoms with van der Waals surface area (Å²) in [7, 11) is 1.90. The van der Waals surface area contributed by atoms with Crippen LogP contribution in [0.3, 0.4) is 0 Å². The van der Waals surface area contributed by atoms with Gasteiger partial charge in [0.1, 0.15) is 12.1 Å². The van der Waals surface area contributed by atoms with Gasteiger partial charge in [-0.1, -0.05) is 0 Å². The molecule has 3 rings (SSSR count). The van der Waals surface area contributed by atoms with E-state index in [4.69, 9.17) is 11.6 Å². The van der Waals surface area contributed by atoms with Crippen molar-refractivity contribution in [3.8, 4) is 0 Å². The Morgan fingerprint density at radius 2 is 2.33 bits per heavy atom. The zero-order valence-corrected chi connectivity index (χ0v) is 11.1. The minimum atomic E-state index is 0.558. The normalized spacial score (nSPS) is 20.6. The molecule has 1 aliphatic rings. The summed E-state index contributed by atoms with van der Waals surface area (Å²) in [6, 6.07) is 0. The van der Waals surface area contributed by atoms with Gasteiger partial charge in [0.05, 0.1) is 11.6 Å². The van der Waals surface area contributed by atoms with E-state index >= 15 is 0 Å². The van der Waals surface area contributed by atoms with Crippen molar-refractivity contribution >= 4 is 28.5 Å². The molecule has 0 aliphatic carbocycles. The van der Waals surface area contributed by atoms with Crippen molar-refractivity contribution in [3.63, 3.8) is 0 Å². The molecule has 5 nitrogen and oxygen atoms in total. The standard InChI is InChI=1S/C12H16ClN5/c1-17-11-10(6-16-17)12(15-8-14-11)18-4-2-3-9(5-13)7-18/h6,8-9H,2-5,7H2,1H3. The van der Waals surface area contributed by atoms with Crippen molar-refractivity contribution in [1.82, 2.24) is 19.7 Å². The molecule has 18 heavy (non-hydrogen) atoms. The van der Waals surface area contributed by atoms with Gasteiger partial charge in [-0.2, -0.15) is 5.10 Å². The third kappa shape index (κ3) is 1.92. The Hall–Kier alpha value is -1.36. The molecule has 1 atom stereocenters. The van der Waals surface area contributed by atoms with E-state index in [1.165, 1.54) is 12.8 Å². The number of hydrogen-bond donors (Lipinski definition) is 0. The van der Waals surface area contributed by atoms with Gasteiger partial charge in [-0.3, -0.25) is 4.68 Å². The number of piperidine rings is 1. The SMILES string of the molecule is Cn1ncc2c(N3CCCC(CCl)C3)ncnc21. The molecule has 96 valence electrons. The first-order valence-electron chi connectivity index (χ1n) is 6.23. The Bertz CT molecular complexity index is 552. The minimum Gasteiger partial charge on any atom is -0.356 e. The monoisotopic (exact) mass is 265 g/mol. The van der Waals surface area contributed by atoms with Crippen molar-refractivity contribution in [2.24, 2.45) is 13.0 Å². The quantitative estimate of drug-likeness (QED) is 0.777. The van der Waals surface area contributed by atoms with Gasteiger partial charge in [-0.25, -0.2) is 9.97 Å². The predicted molar refractivity (Wildman–Crippen MR) is 72.0 cm³/mol. The van der Waals surface area contributed by atoms with Crippen LogP contribution >= 0.6 is 11.6 Å². The smallest absolute Gasteiger partial charge is 0.163 e. The molecule has 1 unspecified atom stereocenters. The molecule has 2 aromatic rings. The number of aryl methyl sites for hydroxylation is 1. The third-order valence-electron chi connectivity index (χ3n) is 3.55. The van der Waals surface area contributed by atoms with Crippen molar-refractivity contribution in [2.75, 3.05) is 23.9 Å². The molecule has 0 N–H and O–H groups in total. The highest BCUT2D eigenvalue weighted by Gasteiger charge is 2.22. The first-order valence-corrected chi connectivity index (χ1v) is 6.76. The van der Waals surface area contributed by atoms with E-state index in [9.17, 15) is 0 Å². The Morgan fingerprint density at radius 1 is 1.44 bits per heavy atom. The number of anilines is 1. The summed E-state index contributed by atoms with van der Waals surface area (Å²) in [5.74, 6) is 2.27. The molecule has 0 aromatic carbocycles. The summed E-state index contributed by atoms with van der Waals surface area (Å²) < 4.78 is 1.78. The Morgan fingerprint density at radius 3 is 3.17 bits per heavy atom. The molecule has 0 radical (unpaired) electrons. The molecule has 0 spiro atoms. The number of nitrogens with zero attached hydrogens (tertiary/aromatic N) is 5. The second-order valence-corrected chi connectivity index (χ2v) is 5.12. The average molecular weight is 266 g/mol. The van der Waals surface area contributed by atoms with Crippen LogP contribution in [0.4, 0.5) is 5.82 Å². The predicted octanol–water partition coefficient (Wildman–Crippen LogP) is 1.82. The summed E-state index contributed by atoms with van der Waals surface area (Å²) >= 11 is 5.98. The molecule has 6 heteroatoms. The fraction of sp³-hybridized carbons (Fsp3) is 0.583. The number of alkyl halides is 1. The Kier molecular flexibility index (Phi) is 3.07. The van der Waals surface area contributed by atoms with Crippen LogP contribution < -0.4 is 4.90 Å². The van der Waals surface area contributed by atoms with Crippen LogP contribution in [-0.4, -0.2) is 38.7 Å². The first kappa shape index (κ1) is 11.7. The second-order valence-electron chi connectivity index (χ2n) is 4.81. The van der Waals surface area contributed by atoms with E-state index in [1.807, 2.05) is 13.2 Å². The third-order valence-corrected chi connectivity index (χ3v) is 3.98. The fourth-order valence-corrected chi connectivity index (χ4v) is 2.84. The lowest BCUT2D eigenvalue weighted by atomic mass is 10.00. The van der Waals surface area contributed by atoms with Gasteiger partial charge in [0.15, 0.2) is 5.65 Å². The molecular formula is C12H16ClN5. The maximum atomic E-state index is 5.98. The van der Waals surface area contributed by atoms with Crippen LogP contribution in [0.15, 0.2) is 12.5 Å². The van der Waals surface area contributed by atoms with Gasteiger partial charge >= 0.3 is 0 Å². The molecule has 1 saturated heterocycles. The lowest BCUT2D eigenvalue weighted by molar-refractivity contribution is 0.449. The fourth-order valence-electron chi connectivity index (χ4n) is 2.59. The minimum absolute atomic E-state index is 0.558. The highest BCUT2D eigenvalue weighted by atomic mass is 35.5. The second kappa shape index (κ2) is 4.72. The summed E-state index contributed by atoms with van der Waals surface area (Å²) in [6.45, 7) is 2.01. The van der Waals surface area contributed by atoms with Gasteiger partial charge in [0.25, 0.3) is 0 Å². The lowest BCUT2D eigenvalue weighted by Crippen LogP contribution is -2.36. The largest absolute Gasteiger partial charge is 0.356 e. The molecular weight excluding hydrogens is 250 g/mol. The van der Waals surface area contributed by atoms with E-state index in [1.54, 1.807) is 11.0 Å². The van der Waals surface area contributed by atoms with E-state index < -0.39 is 0 Å². The molecule has 1 aliphatic heterocycles. The van der Waals surface area contributed by atoms with Crippen molar-refractivity contribution in [2.45, 2.75) is 12.8 Å². The summed E-state index contributed by atoms with van der Waals surface area (Å²) in [5.41, 5.74) is 0.882. The van der Waals surface area contributed by atoms with Gasteiger partial charge in [0, 0.05) is 26.0 Å². The van der Waals surface area contributed by atoms with Crippen LogP contribution in [0.25, 0.3) is 11.0 Å². The zero-order chi connectivity index (χ0) is 12.5. The topological polar surface area (TPSA) is 46.8 Å². The molecule has 2 aromatic heterocycles. The molecule has 1 fully saturated rings. The maximum Gasteiger partial charge on any atom is 0.163 e. The maximum absolute atomic E-state index is 5.98. The number of aromatic nitrogens is 4. The number of hydrogen-bond acceptors (Lipinski definition) is 4. The molecule has 3 heterocycles. The Labute approximate surface area is 111 Å². The summed E-state index contributed by atoms with van der Waals surface area (Å²) in [4.78, 5) is 11.0. The summed E-state index contributed by atoms with van der Waals surface area (Å²) in [6.07, 6.45) is 5.84. The van der Waals surface area contributed by atoms with Crippen LogP contribution in [0.2, 0.25) is 0 Å². The molecule has 0 saturated carbocycles. The van der Waals surface area contributed by atoms with E-state index in [-0.39, 0.29) is 0 Å². The highest BCUT2D eigenvalue weighted by Crippen LogP contribution is 2.27. The molecule has 0 amide bonds.